The van der Waals surface area contributed by atoms with Crippen molar-refractivity contribution >= 4 is 65.4 Å². The average molecular weight is 754 g/mol. The number of fused-ring (bicyclic) bond motifs is 9. The minimum absolute atomic E-state index is 1.16. The van der Waals surface area contributed by atoms with Crippen LogP contribution in [0.2, 0.25) is 0 Å². The first kappa shape index (κ1) is 33.5. The van der Waals surface area contributed by atoms with Gasteiger partial charge < -0.3 is 13.7 Å². The summed E-state index contributed by atoms with van der Waals surface area (Å²) in [5.41, 5.74) is 18.2. The Labute approximate surface area is 342 Å². The van der Waals surface area contributed by atoms with Crippen LogP contribution in [0.15, 0.2) is 200 Å². The lowest BCUT2D eigenvalue weighted by molar-refractivity contribution is 1.18. The van der Waals surface area contributed by atoms with E-state index in [1.807, 2.05) is 0 Å². The fraction of sp³-hybridized carbons (Fsp3) is 0.0357. The molecule has 0 saturated heterocycles. The number of aromatic nitrogens is 3. The highest BCUT2D eigenvalue weighted by Crippen LogP contribution is 2.41. The zero-order valence-corrected chi connectivity index (χ0v) is 32.9. The summed E-state index contributed by atoms with van der Waals surface area (Å²) in [7, 11) is 0. The number of nitrogens with zero attached hydrogens (tertiary/aromatic N) is 3. The average Bonchev–Trinajstić information content (AvgIpc) is 3.93. The molecule has 59 heavy (non-hydrogen) atoms. The molecule has 0 aliphatic heterocycles. The molecule has 0 aliphatic carbocycles. The van der Waals surface area contributed by atoms with E-state index >= 15 is 0 Å². The molecule has 278 valence electrons. The lowest BCUT2D eigenvalue weighted by Gasteiger charge is -2.09. The normalized spacial score (nSPS) is 11.9. The number of hydrogen-bond acceptors (Lipinski definition) is 0. The van der Waals surface area contributed by atoms with Crippen molar-refractivity contribution in [2.24, 2.45) is 0 Å². The summed E-state index contributed by atoms with van der Waals surface area (Å²) in [5.74, 6) is 0. The maximum atomic E-state index is 2.41. The highest BCUT2D eigenvalue weighted by molar-refractivity contribution is 6.15. The molecular weight excluding hydrogens is 715 g/mol. The molecule has 12 rings (SSSR count). The van der Waals surface area contributed by atoms with Crippen molar-refractivity contribution in [3.8, 4) is 39.3 Å². The Hall–Kier alpha value is -7.62. The summed E-state index contributed by atoms with van der Waals surface area (Å²) >= 11 is 0. The van der Waals surface area contributed by atoms with Gasteiger partial charge in [-0.25, -0.2) is 0 Å². The highest BCUT2D eigenvalue weighted by Gasteiger charge is 2.19. The van der Waals surface area contributed by atoms with Gasteiger partial charge in [0.2, 0.25) is 0 Å². The molecule has 0 unspecified atom stereocenters. The molecule has 3 nitrogen and oxygen atoms in total. The van der Waals surface area contributed by atoms with Gasteiger partial charge in [0.1, 0.15) is 0 Å². The molecular formula is C56H39N3. The molecule has 3 heteroatoms. The minimum Gasteiger partial charge on any atom is -0.309 e. The van der Waals surface area contributed by atoms with Crippen LogP contribution in [0.4, 0.5) is 0 Å². The molecule has 0 atom stereocenters. The molecule has 9 aromatic carbocycles. The van der Waals surface area contributed by atoms with E-state index in [1.54, 1.807) is 0 Å². The third-order valence-electron chi connectivity index (χ3n) is 12.5. The van der Waals surface area contributed by atoms with Crippen LogP contribution in [0, 0.1) is 13.8 Å². The summed E-state index contributed by atoms with van der Waals surface area (Å²) in [6.45, 7) is 4.46. The van der Waals surface area contributed by atoms with E-state index in [2.05, 4.69) is 228 Å². The lowest BCUT2D eigenvalue weighted by Crippen LogP contribution is -1.93. The Morgan fingerprint density at radius 2 is 0.559 bits per heavy atom. The van der Waals surface area contributed by atoms with Gasteiger partial charge in [0.15, 0.2) is 0 Å². The number of rotatable bonds is 5. The van der Waals surface area contributed by atoms with E-state index in [-0.39, 0.29) is 0 Å². The SMILES string of the molecule is Cc1cccc2c1c1cc(-c3ccc4c(c3)c3cc(-c5ccc6c(c5)c5c(C)cccc5n6-c5ccccc5)ccc3n4-c3ccccc3)ccc1n2-c1ccccc1. The number of benzene rings is 9. The van der Waals surface area contributed by atoms with Gasteiger partial charge in [-0.05, 0) is 144 Å². The smallest absolute Gasteiger partial charge is 0.0543 e. The molecule has 0 saturated carbocycles. The topological polar surface area (TPSA) is 14.8 Å². The zero-order chi connectivity index (χ0) is 39.2. The van der Waals surface area contributed by atoms with Crippen LogP contribution < -0.4 is 0 Å². The van der Waals surface area contributed by atoms with Crippen molar-refractivity contribution in [3.63, 3.8) is 0 Å². The van der Waals surface area contributed by atoms with E-state index < -0.39 is 0 Å². The molecule has 0 aliphatic rings. The molecule has 0 radical (unpaired) electrons. The van der Waals surface area contributed by atoms with Gasteiger partial charge in [-0.3, -0.25) is 0 Å². The van der Waals surface area contributed by atoms with Gasteiger partial charge in [-0.15, -0.1) is 0 Å². The quantitative estimate of drug-likeness (QED) is 0.166. The van der Waals surface area contributed by atoms with Gasteiger partial charge >= 0.3 is 0 Å². The van der Waals surface area contributed by atoms with E-state index in [4.69, 9.17) is 0 Å². The Kier molecular flexibility index (Phi) is 7.36. The van der Waals surface area contributed by atoms with Crippen molar-refractivity contribution in [1.82, 2.24) is 13.7 Å². The first-order valence-corrected chi connectivity index (χ1v) is 20.4. The van der Waals surface area contributed by atoms with E-state index in [9.17, 15) is 0 Å². The fourth-order valence-corrected chi connectivity index (χ4v) is 9.81. The van der Waals surface area contributed by atoms with Crippen LogP contribution in [-0.2, 0) is 0 Å². The summed E-state index contributed by atoms with van der Waals surface area (Å²) in [4.78, 5) is 0. The first-order chi connectivity index (χ1) is 29.1. The van der Waals surface area contributed by atoms with E-state index in [0.717, 1.165) is 5.69 Å². The Morgan fingerprint density at radius 1 is 0.254 bits per heavy atom. The second-order valence-electron chi connectivity index (χ2n) is 15.9. The van der Waals surface area contributed by atoms with E-state index in [1.165, 1.54) is 110 Å². The predicted molar refractivity (Wildman–Crippen MR) is 250 cm³/mol. The molecule has 0 fully saturated rings. The standard InChI is InChI=1S/C56H39N3/c1-36-14-12-22-53-55(36)47-34-40(26-30-51(47)58(53)43-18-8-4-9-19-43)38-24-28-49-45(32-38)46-33-39(25-29-50(46)57(49)42-16-6-3-7-17-42)41-27-31-52-48(35-41)56-37(2)15-13-23-54(56)59(52)44-20-10-5-11-21-44/h3-35H,1-2H3. The molecule has 0 bridgehead atoms. The van der Waals surface area contributed by atoms with Crippen LogP contribution in [0.1, 0.15) is 11.1 Å². The van der Waals surface area contributed by atoms with Crippen molar-refractivity contribution in [2.75, 3.05) is 0 Å². The summed E-state index contributed by atoms with van der Waals surface area (Å²) < 4.78 is 7.22. The first-order valence-electron chi connectivity index (χ1n) is 20.4. The monoisotopic (exact) mass is 753 g/mol. The van der Waals surface area contributed by atoms with Crippen molar-refractivity contribution < 1.29 is 0 Å². The largest absolute Gasteiger partial charge is 0.309 e. The molecule has 3 aromatic heterocycles. The number of aryl methyl sites for hydroxylation is 2. The van der Waals surface area contributed by atoms with Gasteiger partial charge in [0, 0.05) is 49.4 Å². The lowest BCUT2D eigenvalue weighted by atomic mass is 9.98. The Bertz CT molecular complexity index is 3380. The number of hydrogen-bond donors (Lipinski definition) is 0. The second-order valence-corrected chi connectivity index (χ2v) is 15.9. The second kappa shape index (κ2) is 13.0. The summed E-state index contributed by atoms with van der Waals surface area (Å²) in [5, 5.41) is 7.63. The molecule has 12 aromatic rings. The maximum absolute atomic E-state index is 2.41. The highest BCUT2D eigenvalue weighted by atomic mass is 15.0. The molecule has 0 amide bonds. The molecule has 0 spiro atoms. The van der Waals surface area contributed by atoms with Crippen molar-refractivity contribution in [1.29, 1.82) is 0 Å². The van der Waals surface area contributed by atoms with Crippen LogP contribution >= 0.6 is 0 Å². The minimum atomic E-state index is 1.16. The Morgan fingerprint density at radius 3 is 0.915 bits per heavy atom. The maximum Gasteiger partial charge on any atom is 0.0543 e. The predicted octanol–water partition coefficient (Wildman–Crippen LogP) is 14.9. The van der Waals surface area contributed by atoms with Crippen LogP contribution in [0.3, 0.4) is 0 Å². The zero-order valence-electron chi connectivity index (χ0n) is 32.9. The Balaban J connectivity index is 1.06. The third-order valence-corrected chi connectivity index (χ3v) is 12.5. The third kappa shape index (κ3) is 5.08. The van der Waals surface area contributed by atoms with Crippen molar-refractivity contribution in [3.05, 3.63) is 211 Å². The van der Waals surface area contributed by atoms with Crippen LogP contribution in [-0.4, -0.2) is 13.7 Å². The van der Waals surface area contributed by atoms with E-state index in [0.29, 0.717) is 0 Å². The summed E-state index contributed by atoms with van der Waals surface area (Å²) in [6, 6.07) is 73.5. The van der Waals surface area contributed by atoms with Crippen LogP contribution in [0.5, 0.6) is 0 Å². The summed E-state index contributed by atoms with van der Waals surface area (Å²) in [6.07, 6.45) is 0. The van der Waals surface area contributed by atoms with Gasteiger partial charge in [0.05, 0.1) is 33.1 Å². The fourth-order valence-electron chi connectivity index (χ4n) is 9.81. The number of para-hydroxylation sites is 3. The van der Waals surface area contributed by atoms with Gasteiger partial charge in [-0.2, -0.15) is 0 Å². The molecule has 0 N–H and O–H groups in total. The van der Waals surface area contributed by atoms with Gasteiger partial charge in [0.25, 0.3) is 0 Å². The van der Waals surface area contributed by atoms with Gasteiger partial charge in [-0.1, -0.05) is 103 Å². The molecule has 3 heterocycles. The van der Waals surface area contributed by atoms with Crippen molar-refractivity contribution in [2.45, 2.75) is 13.8 Å². The van der Waals surface area contributed by atoms with Crippen LogP contribution in [0.25, 0.3) is 105 Å².